The summed E-state index contributed by atoms with van der Waals surface area (Å²) in [6.45, 7) is 1.14. The Bertz CT molecular complexity index is 449. The molecule has 0 saturated heterocycles. The summed E-state index contributed by atoms with van der Waals surface area (Å²) < 4.78 is 5.10. The van der Waals surface area contributed by atoms with Crippen LogP contribution in [-0.2, 0) is 14.3 Å². The summed E-state index contributed by atoms with van der Waals surface area (Å²) in [4.78, 5) is 22.3. The second-order valence-corrected chi connectivity index (χ2v) is 7.41. The molecule has 0 aromatic carbocycles. The van der Waals surface area contributed by atoms with E-state index in [4.69, 9.17) is 4.74 Å². The minimum atomic E-state index is -0.959. The molecule has 0 aromatic heterocycles. The summed E-state index contributed by atoms with van der Waals surface area (Å²) in [5.74, 6) is -1.40. The Morgan fingerprint density at radius 3 is 2.04 bits per heavy atom. The van der Waals surface area contributed by atoms with Gasteiger partial charge in [0, 0.05) is 24.9 Å². The van der Waals surface area contributed by atoms with Crippen molar-refractivity contribution in [1.82, 2.24) is 10.6 Å². The summed E-state index contributed by atoms with van der Waals surface area (Å²) in [6, 6.07) is -0.794. The van der Waals surface area contributed by atoms with Crippen LogP contribution in [0.4, 0.5) is 0 Å². The van der Waals surface area contributed by atoms with E-state index < -0.39 is 30.4 Å². The van der Waals surface area contributed by atoms with Gasteiger partial charge in [-0.05, 0) is 25.7 Å². The Hall–Kier alpha value is -1.22. The van der Waals surface area contributed by atoms with Crippen LogP contribution in [0.5, 0.6) is 0 Å². The predicted molar refractivity (Wildman–Crippen MR) is 94.3 cm³/mol. The van der Waals surface area contributed by atoms with Gasteiger partial charge >= 0.3 is 5.97 Å². The van der Waals surface area contributed by atoms with Gasteiger partial charge in [0.05, 0.1) is 12.2 Å². The Labute approximate surface area is 154 Å². The van der Waals surface area contributed by atoms with E-state index in [0.29, 0.717) is 38.8 Å². The van der Waals surface area contributed by atoms with Crippen LogP contribution in [0, 0.1) is 11.8 Å². The van der Waals surface area contributed by atoms with Crippen LogP contribution in [0.1, 0.15) is 51.4 Å². The second kappa shape index (κ2) is 10.8. The lowest BCUT2D eigenvalue weighted by Gasteiger charge is -2.34. The molecule has 2 rings (SSSR count). The fourth-order valence-electron chi connectivity index (χ4n) is 4.25. The van der Waals surface area contributed by atoms with Gasteiger partial charge in [0.15, 0.2) is 6.23 Å². The number of ether oxygens (including phenoxy) is 1. The molecule has 26 heavy (non-hydrogen) atoms. The number of carbonyl (C=O) groups excluding carboxylic acids is 1. The number of rotatable bonds is 10. The highest BCUT2D eigenvalue weighted by Gasteiger charge is 2.35. The maximum absolute atomic E-state index is 11.6. The van der Waals surface area contributed by atoms with Gasteiger partial charge in [0.2, 0.25) is 0 Å². The highest BCUT2D eigenvalue weighted by molar-refractivity contribution is 5.74. The van der Waals surface area contributed by atoms with Crippen molar-refractivity contribution in [2.75, 3.05) is 13.1 Å². The summed E-state index contributed by atoms with van der Waals surface area (Å²) in [5.41, 5.74) is 0. The molecule has 2 saturated carbocycles. The predicted octanol–water partition coefficient (Wildman–Crippen LogP) is 0.220. The van der Waals surface area contributed by atoms with Crippen molar-refractivity contribution >= 4 is 12.4 Å². The summed E-state index contributed by atoms with van der Waals surface area (Å²) in [7, 11) is 0. The molecule has 8 nitrogen and oxygen atoms in total. The highest BCUT2D eigenvalue weighted by atomic mass is 16.5. The number of carboxylic acids is 1. The Kier molecular flexibility index (Phi) is 8.77. The molecule has 6 unspecified atom stereocenters. The summed E-state index contributed by atoms with van der Waals surface area (Å²) in [6.07, 6.45) is 4.97. The molecule has 150 valence electrons. The van der Waals surface area contributed by atoms with Crippen molar-refractivity contribution in [3.05, 3.63) is 0 Å². The molecule has 2 aliphatic rings. The van der Waals surface area contributed by atoms with Gasteiger partial charge < -0.3 is 25.4 Å². The van der Waals surface area contributed by atoms with Crippen molar-refractivity contribution < 1.29 is 29.6 Å². The van der Waals surface area contributed by atoms with Crippen LogP contribution in [0.25, 0.3) is 0 Å². The Morgan fingerprint density at radius 2 is 1.50 bits per heavy atom. The quantitative estimate of drug-likeness (QED) is 0.209. The van der Waals surface area contributed by atoms with Crippen LogP contribution in [0.15, 0.2) is 0 Å². The first-order valence-electron chi connectivity index (χ1n) is 9.69. The number of hydrogen-bond acceptors (Lipinski definition) is 7. The zero-order chi connectivity index (χ0) is 18.9. The number of aliphatic carboxylic acids is 1. The standard InChI is InChI=1S/C18H32N2O6/c21-11-26-17(13-6-2-4-8-15(13)23)20-10-9-19-16(18(24)25)12-5-1-3-7-14(12)22/h11-17,19-20,22-23H,1-10H2,(H,24,25). The minimum absolute atomic E-state index is 0.149. The van der Waals surface area contributed by atoms with E-state index in [2.05, 4.69) is 10.6 Å². The molecule has 0 amide bonds. The molecule has 2 aliphatic carbocycles. The van der Waals surface area contributed by atoms with Crippen molar-refractivity contribution in [2.24, 2.45) is 11.8 Å². The van der Waals surface area contributed by atoms with Crippen LogP contribution in [0.3, 0.4) is 0 Å². The third kappa shape index (κ3) is 5.90. The first-order chi connectivity index (χ1) is 12.5. The molecular weight excluding hydrogens is 340 g/mol. The van der Waals surface area contributed by atoms with E-state index in [1.54, 1.807) is 0 Å². The number of aliphatic hydroxyl groups excluding tert-OH is 2. The third-order valence-corrected chi connectivity index (χ3v) is 5.68. The monoisotopic (exact) mass is 372 g/mol. The Morgan fingerprint density at radius 1 is 0.962 bits per heavy atom. The first kappa shape index (κ1) is 21.1. The molecule has 0 aromatic rings. The zero-order valence-electron chi connectivity index (χ0n) is 15.2. The summed E-state index contributed by atoms with van der Waals surface area (Å²) in [5, 5.41) is 35.8. The Balaban J connectivity index is 1.81. The summed E-state index contributed by atoms with van der Waals surface area (Å²) >= 11 is 0. The maximum Gasteiger partial charge on any atom is 0.321 e. The molecule has 0 heterocycles. The number of hydrogen-bond donors (Lipinski definition) is 5. The van der Waals surface area contributed by atoms with Gasteiger partial charge in [-0.2, -0.15) is 0 Å². The molecule has 6 atom stereocenters. The highest BCUT2D eigenvalue weighted by Crippen LogP contribution is 2.28. The fraction of sp³-hybridized carbons (Fsp3) is 0.889. The number of nitrogens with one attached hydrogen (secondary N) is 2. The average molecular weight is 372 g/mol. The molecule has 0 spiro atoms. The first-order valence-corrected chi connectivity index (χ1v) is 9.69. The lowest BCUT2D eigenvalue weighted by atomic mass is 9.81. The minimum Gasteiger partial charge on any atom is -0.480 e. The molecule has 0 bridgehead atoms. The van der Waals surface area contributed by atoms with Gasteiger partial charge in [-0.1, -0.05) is 25.7 Å². The molecular formula is C18H32N2O6. The van der Waals surface area contributed by atoms with Crippen LogP contribution in [0.2, 0.25) is 0 Å². The number of carboxylic acid groups (broad SMARTS) is 1. The average Bonchev–Trinajstić information content (AvgIpc) is 2.62. The SMILES string of the molecule is O=COC(NCCNC(C(=O)O)C1CCCCC1O)C1CCCCC1O. The van der Waals surface area contributed by atoms with Crippen molar-refractivity contribution in [2.45, 2.75) is 75.8 Å². The van der Waals surface area contributed by atoms with Gasteiger partial charge in [0.25, 0.3) is 6.47 Å². The van der Waals surface area contributed by atoms with Crippen molar-refractivity contribution in [3.63, 3.8) is 0 Å². The van der Waals surface area contributed by atoms with Gasteiger partial charge in [0.1, 0.15) is 6.04 Å². The van der Waals surface area contributed by atoms with Gasteiger partial charge in [-0.3, -0.25) is 14.9 Å². The van der Waals surface area contributed by atoms with E-state index in [9.17, 15) is 24.9 Å². The lowest BCUT2D eigenvalue weighted by molar-refractivity contribution is -0.143. The molecule has 0 aliphatic heterocycles. The smallest absolute Gasteiger partial charge is 0.321 e. The molecule has 2 fully saturated rings. The van der Waals surface area contributed by atoms with E-state index in [0.717, 1.165) is 32.1 Å². The number of aliphatic hydroxyl groups is 2. The van der Waals surface area contributed by atoms with E-state index >= 15 is 0 Å². The second-order valence-electron chi connectivity index (χ2n) is 7.41. The zero-order valence-corrected chi connectivity index (χ0v) is 15.2. The van der Waals surface area contributed by atoms with Crippen LogP contribution >= 0.6 is 0 Å². The normalized spacial score (nSPS) is 31.8. The topological polar surface area (TPSA) is 128 Å². The lowest BCUT2D eigenvalue weighted by Crippen LogP contribution is -2.51. The van der Waals surface area contributed by atoms with Gasteiger partial charge in [-0.15, -0.1) is 0 Å². The largest absolute Gasteiger partial charge is 0.480 e. The van der Waals surface area contributed by atoms with Crippen LogP contribution in [-0.4, -0.2) is 65.3 Å². The molecule has 5 N–H and O–H groups in total. The van der Waals surface area contributed by atoms with E-state index in [1.165, 1.54) is 0 Å². The van der Waals surface area contributed by atoms with E-state index in [-0.39, 0.29) is 11.8 Å². The fourth-order valence-corrected chi connectivity index (χ4v) is 4.25. The number of carbonyl (C=O) groups is 2. The molecule has 8 heteroatoms. The van der Waals surface area contributed by atoms with Gasteiger partial charge in [-0.25, -0.2) is 0 Å². The maximum atomic E-state index is 11.6. The third-order valence-electron chi connectivity index (χ3n) is 5.68. The van der Waals surface area contributed by atoms with Crippen molar-refractivity contribution in [1.29, 1.82) is 0 Å². The van der Waals surface area contributed by atoms with Crippen molar-refractivity contribution in [3.8, 4) is 0 Å². The molecule has 0 radical (unpaired) electrons. The van der Waals surface area contributed by atoms with E-state index in [1.807, 2.05) is 0 Å². The van der Waals surface area contributed by atoms with Crippen LogP contribution < -0.4 is 10.6 Å².